The molecule has 0 aliphatic carbocycles. The van der Waals surface area contributed by atoms with Crippen molar-refractivity contribution in [3.63, 3.8) is 0 Å². The molecule has 0 saturated heterocycles. The smallest absolute Gasteiger partial charge is 0.236 e. The Morgan fingerprint density at radius 2 is 2.10 bits per heavy atom. The van der Waals surface area contributed by atoms with Crippen LogP contribution in [0.25, 0.3) is 16.9 Å². The number of halogens is 2. The minimum Gasteiger partial charge on any atom is -0.497 e. The molecule has 0 aliphatic heterocycles. The number of amides is 1. The number of methoxy groups -OCH3 is 1. The summed E-state index contributed by atoms with van der Waals surface area (Å²) in [6.45, 7) is 0. The molecule has 1 amide bonds. The summed E-state index contributed by atoms with van der Waals surface area (Å²) in [6.07, 6.45) is 1.60. The Morgan fingerprint density at radius 3 is 2.80 bits per heavy atom. The van der Waals surface area contributed by atoms with Gasteiger partial charge in [-0.1, -0.05) is 35.0 Å². The highest BCUT2D eigenvalue weighted by molar-refractivity contribution is 7.99. The quantitative estimate of drug-likeness (QED) is 0.339. The van der Waals surface area contributed by atoms with E-state index in [1.807, 2.05) is 29.6 Å². The van der Waals surface area contributed by atoms with E-state index in [0.29, 0.717) is 24.7 Å². The summed E-state index contributed by atoms with van der Waals surface area (Å²) in [5, 5.41) is 13.8. The molecule has 0 fully saturated rings. The van der Waals surface area contributed by atoms with E-state index in [1.54, 1.807) is 24.1 Å². The van der Waals surface area contributed by atoms with Gasteiger partial charge in [0.05, 0.1) is 22.9 Å². The van der Waals surface area contributed by atoms with Gasteiger partial charge in [-0.2, -0.15) is 0 Å². The molecule has 3 aromatic heterocycles. The number of nitrogens with zero attached hydrogens (tertiary/aromatic N) is 4. The zero-order valence-electron chi connectivity index (χ0n) is 15.3. The minimum absolute atomic E-state index is 0.162. The number of thioether (sulfide) groups is 1. The van der Waals surface area contributed by atoms with Crippen molar-refractivity contribution in [3.8, 4) is 22.7 Å². The van der Waals surface area contributed by atoms with Crippen molar-refractivity contribution in [1.82, 2.24) is 19.7 Å². The number of aromatic nitrogens is 4. The number of anilines is 1. The van der Waals surface area contributed by atoms with Gasteiger partial charge in [0.25, 0.3) is 0 Å². The van der Waals surface area contributed by atoms with E-state index >= 15 is 0 Å². The fourth-order valence-electron chi connectivity index (χ4n) is 2.50. The molecule has 154 valence electrons. The van der Waals surface area contributed by atoms with Crippen molar-refractivity contribution in [2.75, 3.05) is 18.2 Å². The maximum Gasteiger partial charge on any atom is 0.236 e. The third kappa shape index (κ3) is 4.79. The first-order valence-corrected chi connectivity index (χ1v) is 11.8. The molecular formula is C18H13Cl2N5O2S3. The second-order valence-corrected chi connectivity index (χ2v) is 9.88. The van der Waals surface area contributed by atoms with Crippen LogP contribution in [0, 0.1) is 0 Å². The predicted octanol–water partition coefficient (Wildman–Crippen LogP) is 5.50. The van der Waals surface area contributed by atoms with Crippen molar-refractivity contribution in [3.05, 3.63) is 50.7 Å². The number of nitrogens with one attached hydrogen (secondary N) is 1. The summed E-state index contributed by atoms with van der Waals surface area (Å²) < 4.78 is 8.13. The molecule has 1 N–H and O–H groups in total. The van der Waals surface area contributed by atoms with Crippen LogP contribution < -0.4 is 10.1 Å². The Labute approximate surface area is 194 Å². The number of carbonyl (C=O) groups is 1. The number of thiazole rings is 1. The summed E-state index contributed by atoms with van der Waals surface area (Å²) in [7, 11) is 1.61. The molecule has 30 heavy (non-hydrogen) atoms. The molecule has 0 radical (unpaired) electrons. The highest BCUT2D eigenvalue weighted by Crippen LogP contribution is 2.39. The van der Waals surface area contributed by atoms with Crippen LogP contribution in [0.4, 0.5) is 5.13 Å². The van der Waals surface area contributed by atoms with E-state index in [9.17, 15) is 4.79 Å². The highest BCUT2D eigenvalue weighted by atomic mass is 35.5. The van der Waals surface area contributed by atoms with Crippen molar-refractivity contribution in [1.29, 1.82) is 0 Å². The first kappa shape index (κ1) is 21.1. The molecule has 12 heteroatoms. The third-order valence-electron chi connectivity index (χ3n) is 3.88. The Bertz CT molecular complexity index is 1170. The molecule has 4 rings (SSSR count). The molecule has 7 nitrogen and oxygen atoms in total. The van der Waals surface area contributed by atoms with Gasteiger partial charge in [0.1, 0.15) is 16.4 Å². The van der Waals surface area contributed by atoms with Crippen LogP contribution >= 0.6 is 57.6 Å². The number of ether oxygens (including phenoxy) is 1. The fraction of sp³-hybridized carbons (Fsp3) is 0.111. The summed E-state index contributed by atoms with van der Waals surface area (Å²) in [4.78, 5) is 16.8. The normalized spacial score (nSPS) is 10.9. The largest absolute Gasteiger partial charge is 0.497 e. The summed E-state index contributed by atoms with van der Waals surface area (Å²) in [5.41, 5.74) is 2.31. The fourth-order valence-corrected chi connectivity index (χ4v) is 5.43. The van der Waals surface area contributed by atoms with Crippen molar-refractivity contribution >= 4 is 68.7 Å². The average molecular weight is 498 g/mol. The van der Waals surface area contributed by atoms with Gasteiger partial charge in [0, 0.05) is 16.6 Å². The lowest BCUT2D eigenvalue weighted by atomic mass is 10.3. The minimum atomic E-state index is -0.195. The third-order valence-corrected chi connectivity index (χ3v) is 7.07. The maximum atomic E-state index is 12.4. The Hall–Kier alpha value is -2.11. The standard InChI is InChI=1S/C18H13Cl2N5O2S3/c1-27-11-4-2-10(3-5-11)25-9-21-24-18(25)29-8-15(26)23-17-22-13(7-28-17)12-6-14(19)30-16(12)20/h2-7,9H,8H2,1H3,(H,22,23,26). The Kier molecular flexibility index (Phi) is 6.59. The van der Waals surface area contributed by atoms with E-state index in [1.165, 1.54) is 34.4 Å². The first-order chi connectivity index (χ1) is 14.5. The van der Waals surface area contributed by atoms with Gasteiger partial charge in [-0.3, -0.25) is 9.36 Å². The second kappa shape index (κ2) is 9.36. The van der Waals surface area contributed by atoms with Gasteiger partial charge in [0.2, 0.25) is 5.91 Å². The van der Waals surface area contributed by atoms with Crippen molar-refractivity contribution in [2.24, 2.45) is 0 Å². The SMILES string of the molecule is COc1ccc(-n2cnnc2SCC(=O)Nc2nc(-c3cc(Cl)sc3Cl)cs2)cc1. The lowest BCUT2D eigenvalue weighted by Crippen LogP contribution is -2.14. The lowest BCUT2D eigenvalue weighted by molar-refractivity contribution is -0.113. The van der Waals surface area contributed by atoms with Gasteiger partial charge in [-0.05, 0) is 30.3 Å². The lowest BCUT2D eigenvalue weighted by Gasteiger charge is -2.07. The molecular weight excluding hydrogens is 485 g/mol. The molecule has 0 saturated carbocycles. The summed E-state index contributed by atoms with van der Waals surface area (Å²) in [5.74, 6) is 0.725. The van der Waals surface area contributed by atoms with E-state index in [2.05, 4.69) is 20.5 Å². The molecule has 3 heterocycles. The van der Waals surface area contributed by atoms with Gasteiger partial charge in [0.15, 0.2) is 10.3 Å². The summed E-state index contributed by atoms with van der Waals surface area (Å²) in [6, 6.07) is 9.25. The van der Waals surface area contributed by atoms with Crippen LogP contribution in [-0.2, 0) is 4.79 Å². The zero-order chi connectivity index (χ0) is 21.1. The molecule has 0 aliphatic rings. The van der Waals surface area contributed by atoms with Gasteiger partial charge in [-0.15, -0.1) is 32.9 Å². The van der Waals surface area contributed by atoms with Crippen LogP contribution in [0.5, 0.6) is 5.75 Å². The Morgan fingerprint density at radius 1 is 1.30 bits per heavy atom. The Balaban J connectivity index is 1.38. The highest BCUT2D eigenvalue weighted by Gasteiger charge is 2.15. The van der Waals surface area contributed by atoms with E-state index in [-0.39, 0.29) is 11.7 Å². The van der Waals surface area contributed by atoms with E-state index in [4.69, 9.17) is 27.9 Å². The summed E-state index contributed by atoms with van der Waals surface area (Å²) >= 11 is 16.0. The number of benzene rings is 1. The number of carbonyl (C=O) groups excluding carboxylic acids is 1. The van der Waals surface area contributed by atoms with Crippen LogP contribution in [0.3, 0.4) is 0 Å². The van der Waals surface area contributed by atoms with Crippen LogP contribution in [0.1, 0.15) is 0 Å². The molecule has 0 atom stereocenters. The molecule has 1 aromatic carbocycles. The van der Waals surface area contributed by atoms with Crippen molar-refractivity contribution < 1.29 is 9.53 Å². The van der Waals surface area contributed by atoms with E-state index < -0.39 is 0 Å². The van der Waals surface area contributed by atoms with Crippen LogP contribution in [-0.4, -0.2) is 38.5 Å². The van der Waals surface area contributed by atoms with Crippen molar-refractivity contribution in [2.45, 2.75) is 5.16 Å². The maximum absolute atomic E-state index is 12.4. The monoisotopic (exact) mass is 497 g/mol. The zero-order valence-corrected chi connectivity index (χ0v) is 19.3. The molecule has 0 bridgehead atoms. The van der Waals surface area contributed by atoms with E-state index in [0.717, 1.165) is 17.0 Å². The molecule has 0 unspecified atom stereocenters. The van der Waals surface area contributed by atoms with Gasteiger partial charge in [-0.25, -0.2) is 4.98 Å². The molecule has 0 spiro atoms. The number of thiophene rings is 1. The van der Waals surface area contributed by atoms with Crippen LogP contribution in [0.15, 0.2) is 47.2 Å². The number of hydrogen-bond acceptors (Lipinski definition) is 8. The number of hydrogen-bond donors (Lipinski definition) is 1. The number of rotatable bonds is 7. The van der Waals surface area contributed by atoms with Crippen LogP contribution in [0.2, 0.25) is 8.67 Å². The predicted molar refractivity (Wildman–Crippen MR) is 123 cm³/mol. The topological polar surface area (TPSA) is 81.9 Å². The van der Waals surface area contributed by atoms with Gasteiger partial charge >= 0.3 is 0 Å². The second-order valence-electron chi connectivity index (χ2n) is 5.79. The average Bonchev–Trinajstić information content (AvgIpc) is 3.46. The first-order valence-electron chi connectivity index (χ1n) is 8.41. The van der Waals surface area contributed by atoms with Gasteiger partial charge < -0.3 is 10.1 Å². The molecule has 4 aromatic rings.